The molecule has 0 atom stereocenters. The minimum Gasteiger partial charge on any atom is -0.378 e. The van der Waals surface area contributed by atoms with Crippen LogP contribution in [-0.4, -0.2) is 74.1 Å². The van der Waals surface area contributed by atoms with Crippen molar-refractivity contribution in [2.45, 2.75) is 19.9 Å². The molecule has 0 aromatic heterocycles. The van der Waals surface area contributed by atoms with E-state index >= 15 is 0 Å². The molecule has 170 valence electrons. The molecule has 2 saturated heterocycles. The summed E-state index contributed by atoms with van der Waals surface area (Å²) in [5.41, 5.74) is 3.58. The zero-order chi connectivity index (χ0) is 22.3. The third-order valence-electron chi connectivity index (χ3n) is 6.09. The molecular weight excluding hydrogens is 404 g/mol. The van der Waals surface area contributed by atoms with Crippen LogP contribution in [0.15, 0.2) is 48.5 Å². The van der Waals surface area contributed by atoms with Crippen molar-refractivity contribution in [3.63, 3.8) is 0 Å². The summed E-state index contributed by atoms with van der Waals surface area (Å²) in [5, 5.41) is 2.89. The molecule has 2 aromatic carbocycles. The molecule has 7 heteroatoms. The van der Waals surface area contributed by atoms with Crippen LogP contribution in [0.1, 0.15) is 29.3 Å². The van der Waals surface area contributed by atoms with Gasteiger partial charge < -0.3 is 19.9 Å². The highest BCUT2D eigenvalue weighted by Gasteiger charge is 2.26. The van der Waals surface area contributed by atoms with E-state index in [2.05, 4.69) is 39.4 Å². The van der Waals surface area contributed by atoms with Gasteiger partial charge in [0, 0.05) is 63.6 Å². The van der Waals surface area contributed by atoms with Gasteiger partial charge >= 0.3 is 0 Å². The maximum Gasteiger partial charge on any atom is 0.256 e. The molecule has 4 rings (SSSR count). The summed E-state index contributed by atoms with van der Waals surface area (Å²) >= 11 is 0. The van der Waals surface area contributed by atoms with Crippen LogP contribution in [0.3, 0.4) is 0 Å². The van der Waals surface area contributed by atoms with E-state index in [0.29, 0.717) is 44.0 Å². The molecular formula is C25H32N4O3. The van der Waals surface area contributed by atoms with Crippen LogP contribution in [0, 0.1) is 0 Å². The normalized spacial score (nSPS) is 17.3. The number of nitrogens with one attached hydrogen (secondary N) is 1. The van der Waals surface area contributed by atoms with E-state index in [4.69, 9.17) is 4.74 Å². The van der Waals surface area contributed by atoms with E-state index in [1.54, 1.807) is 0 Å². The van der Waals surface area contributed by atoms with E-state index in [1.807, 2.05) is 36.1 Å². The summed E-state index contributed by atoms with van der Waals surface area (Å²) in [4.78, 5) is 31.9. The van der Waals surface area contributed by atoms with Gasteiger partial charge in [-0.3, -0.25) is 14.5 Å². The fraction of sp³-hybridized carbons (Fsp3) is 0.440. The van der Waals surface area contributed by atoms with Crippen LogP contribution in [0.25, 0.3) is 0 Å². The molecule has 0 unspecified atom stereocenters. The number of nitrogens with zero attached hydrogens (tertiary/aromatic N) is 3. The van der Waals surface area contributed by atoms with Gasteiger partial charge in [-0.15, -0.1) is 0 Å². The lowest BCUT2D eigenvalue weighted by molar-refractivity contribution is -0.115. The lowest BCUT2D eigenvalue weighted by atomic mass is 10.1. The molecule has 0 radical (unpaired) electrons. The molecule has 2 aromatic rings. The van der Waals surface area contributed by atoms with Crippen molar-refractivity contribution < 1.29 is 14.3 Å². The maximum absolute atomic E-state index is 13.4. The number of hydrogen-bond acceptors (Lipinski definition) is 5. The number of amides is 2. The molecule has 2 amide bonds. The lowest BCUT2D eigenvalue weighted by Crippen LogP contribution is -2.47. The Morgan fingerprint density at radius 1 is 0.938 bits per heavy atom. The molecule has 32 heavy (non-hydrogen) atoms. The molecule has 0 spiro atoms. The van der Waals surface area contributed by atoms with Crippen molar-refractivity contribution in [3.8, 4) is 0 Å². The second kappa shape index (κ2) is 10.6. The Balaban J connectivity index is 1.50. The van der Waals surface area contributed by atoms with Gasteiger partial charge in [0.15, 0.2) is 0 Å². The van der Waals surface area contributed by atoms with Crippen molar-refractivity contribution in [3.05, 3.63) is 59.7 Å². The van der Waals surface area contributed by atoms with Gasteiger partial charge in [0.05, 0.1) is 18.8 Å². The Hall–Kier alpha value is -2.90. The van der Waals surface area contributed by atoms with Crippen molar-refractivity contribution in [2.75, 3.05) is 62.7 Å². The third kappa shape index (κ3) is 5.47. The van der Waals surface area contributed by atoms with Crippen molar-refractivity contribution in [1.82, 2.24) is 9.80 Å². The SMILES string of the molecule is CCC(=O)Nc1ccc(N2CCN(Cc3ccccc3)CC2)c(C(=O)N2CCOCC2)c1. The number of piperazine rings is 1. The topological polar surface area (TPSA) is 65.1 Å². The van der Waals surface area contributed by atoms with Gasteiger partial charge in [-0.25, -0.2) is 0 Å². The molecule has 2 fully saturated rings. The number of carbonyl (C=O) groups excluding carboxylic acids is 2. The highest BCUT2D eigenvalue weighted by atomic mass is 16.5. The predicted molar refractivity (Wildman–Crippen MR) is 126 cm³/mol. The maximum atomic E-state index is 13.4. The number of anilines is 2. The van der Waals surface area contributed by atoms with Crippen LogP contribution < -0.4 is 10.2 Å². The Bertz CT molecular complexity index is 920. The lowest BCUT2D eigenvalue weighted by Gasteiger charge is -2.37. The van der Waals surface area contributed by atoms with Gasteiger partial charge in [0.1, 0.15) is 0 Å². The molecule has 0 saturated carbocycles. The van der Waals surface area contributed by atoms with Gasteiger partial charge in [-0.1, -0.05) is 37.3 Å². The third-order valence-corrected chi connectivity index (χ3v) is 6.09. The smallest absolute Gasteiger partial charge is 0.256 e. The van der Waals surface area contributed by atoms with Crippen LogP contribution in [0.2, 0.25) is 0 Å². The summed E-state index contributed by atoms with van der Waals surface area (Å²) < 4.78 is 5.42. The quantitative estimate of drug-likeness (QED) is 0.755. The van der Waals surface area contributed by atoms with Crippen LogP contribution in [0.4, 0.5) is 11.4 Å². The highest BCUT2D eigenvalue weighted by Crippen LogP contribution is 2.28. The van der Waals surface area contributed by atoms with Gasteiger partial charge in [0.2, 0.25) is 5.91 Å². The average molecular weight is 437 g/mol. The molecule has 0 bridgehead atoms. The summed E-state index contributed by atoms with van der Waals surface area (Å²) in [6.07, 6.45) is 0.401. The van der Waals surface area contributed by atoms with E-state index in [0.717, 1.165) is 38.4 Å². The average Bonchev–Trinajstić information content (AvgIpc) is 2.85. The molecule has 2 heterocycles. The number of carbonyl (C=O) groups is 2. The Kier molecular flexibility index (Phi) is 7.39. The number of ether oxygens (including phenoxy) is 1. The minimum absolute atomic E-state index is 0.00242. The van der Waals surface area contributed by atoms with Crippen LogP contribution in [0.5, 0.6) is 0 Å². The van der Waals surface area contributed by atoms with E-state index in [-0.39, 0.29) is 11.8 Å². The number of rotatable bonds is 6. The number of hydrogen-bond donors (Lipinski definition) is 1. The van der Waals surface area contributed by atoms with E-state index in [1.165, 1.54) is 5.56 Å². The van der Waals surface area contributed by atoms with E-state index in [9.17, 15) is 9.59 Å². The second-order valence-electron chi connectivity index (χ2n) is 8.29. The molecule has 2 aliphatic rings. The first-order valence-corrected chi connectivity index (χ1v) is 11.5. The molecule has 1 N–H and O–H groups in total. The van der Waals surface area contributed by atoms with Crippen molar-refractivity contribution >= 4 is 23.2 Å². The zero-order valence-corrected chi connectivity index (χ0v) is 18.8. The predicted octanol–water partition coefficient (Wildman–Crippen LogP) is 2.83. The largest absolute Gasteiger partial charge is 0.378 e. The molecule has 2 aliphatic heterocycles. The molecule has 0 aliphatic carbocycles. The summed E-state index contributed by atoms with van der Waals surface area (Å²) in [7, 11) is 0. The minimum atomic E-state index is -0.0583. The molecule has 7 nitrogen and oxygen atoms in total. The second-order valence-corrected chi connectivity index (χ2v) is 8.29. The van der Waals surface area contributed by atoms with Gasteiger partial charge in [-0.05, 0) is 23.8 Å². The first-order chi connectivity index (χ1) is 15.6. The Labute approximate surface area is 189 Å². The van der Waals surface area contributed by atoms with Crippen molar-refractivity contribution in [2.24, 2.45) is 0 Å². The first kappa shape index (κ1) is 22.3. The van der Waals surface area contributed by atoms with Crippen LogP contribution >= 0.6 is 0 Å². The fourth-order valence-electron chi connectivity index (χ4n) is 4.24. The Morgan fingerprint density at radius 2 is 1.66 bits per heavy atom. The zero-order valence-electron chi connectivity index (χ0n) is 18.8. The van der Waals surface area contributed by atoms with Gasteiger partial charge in [0.25, 0.3) is 5.91 Å². The highest BCUT2D eigenvalue weighted by molar-refractivity contribution is 6.02. The fourth-order valence-corrected chi connectivity index (χ4v) is 4.24. The summed E-state index contributed by atoms with van der Waals surface area (Å²) in [6, 6.07) is 16.2. The summed E-state index contributed by atoms with van der Waals surface area (Å²) in [6.45, 7) is 8.66. The van der Waals surface area contributed by atoms with Crippen LogP contribution in [-0.2, 0) is 16.1 Å². The number of morpholine rings is 1. The summed E-state index contributed by atoms with van der Waals surface area (Å²) in [5.74, 6) is -0.0559. The number of benzene rings is 2. The van der Waals surface area contributed by atoms with E-state index < -0.39 is 0 Å². The Morgan fingerprint density at radius 3 is 2.34 bits per heavy atom. The van der Waals surface area contributed by atoms with Gasteiger partial charge in [-0.2, -0.15) is 0 Å². The van der Waals surface area contributed by atoms with Crippen molar-refractivity contribution in [1.29, 1.82) is 0 Å². The monoisotopic (exact) mass is 436 g/mol. The first-order valence-electron chi connectivity index (χ1n) is 11.5. The standard InChI is InChI=1S/C25H32N4O3/c1-2-24(30)26-21-8-9-23(22(18-21)25(31)29-14-16-32-17-15-29)28-12-10-27(11-13-28)19-20-6-4-3-5-7-20/h3-9,18H,2,10-17,19H2,1H3,(H,26,30).